The summed E-state index contributed by atoms with van der Waals surface area (Å²) in [6.45, 7) is -0.0864. The minimum Gasteiger partial charge on any atom is -0.337 e. The molecule has 0 aromatic heterocycles. The Balaban J connectivity index is 2.21. The number of halogens is 4. The minimum atomic E-state index is -0.746. The van der Waals surface area contributed by atoms with E-state index in [0.717, 1.165) is 12.1 Å². The third-order valence-corrected chi connectivity index (χ3v) is 3.42. The molecular weight excluding hydrogens is 347 g/mol. The third kappa shape index (κ3) is 3.64. The number of nitrogens with zero attached hydrogens (tertiary/aromatic N) is 1. The van der Waals surface area contributed by atoms with Crippen LogP contribution in [0.4, 0.5) is 13.2 Å². The molecule has 2 aromatic carbocycles. The average Bonchev–Trinajstić information content (AvgIpc) is 2.43. The van der Waals surface area contributed by atoms with Gasteiger partial charge in [-0.15, -0.1) is 0 Å². The van der Waals surface area contributed by atoms with E-state index in [1.165, 1.54) is 36.2 Å². The Morgan fingerprint density at radius 2 is 1.81 bits per heavy atom. The molecule has 0 unspecified atom stereocenters. The van der Waals surface area contributed by atoms with E-state index in [-0.39, 0.29) is 17.7 Å². The fraction of sp³-hybridized carbons (Fsp3) is 0.133. The van der Waals surface area contributed by atoms with Crippen LogP contribution < -0.4 is 0 Å². The van der Waals surface area contributed by atoms with Crippen LogP contribution in [0.25, 0.3) is 0 Å². The first kappa shape index (κ1) is 15.6. The van der Waals surface area contributed by atoms with Crippen LogP contribution in [0.5, 0.6) is 0 Å². The second-order valence-corrected chi connectivity index (χ2v) is 5.44. The Bertz CT molecular complexity index is 691. The summed E-state index contributed by atoms with van der Waals surface area (Å²) in [4.78, 5) is 13.3. The fourth-order valence-corrected chi connectivity index (χ4v) is 2.21. The highest BCUT2D eigenvalue weighted by Gasteiger charge is 2.18. The molecule has 2 rings (SSSR count). The predicted octanol–water partition coefficient (Wildman–Crippen LogP) is 4.14. The van der Waals surface area contributed by atoms with Gasteiger partial charge in [-0.2, -0.15) is 0 Å². The highest BCUT2D eigenvalue weighted by atomic mass is 79.9. The molecule has 0 spiro atoms. The lowest BCUT2D eigenvalue weighted by Crippen LogP contribution is -2.27. The summed E-state index contributed by atoms with van der Waals surface area (Å²) in [5.74, 6) is -2.68. The van der Waals surface area contributed by atoms with Crippen molar-refractivity contribution in [3.8, 4) is 0 Å². The maximum atomic E-state index is 13.7. The molecule has 2 nitrogen and oxygen atoms in total. The lowest BCUT2D eigenvalue weighted by atomic mass is 10.1. The van der Waals surface area contributed by atoms with Crippen molar-refractivity contribution in [2.24, 2.45) is 0 Å². The Labute approximate surface area is 128 Å². The van der Waals surface area contributed by atoms with E-state index in [1.54, 1.807) is 0 Å². The summed E-state index contributed by atoms with van der Waals surface area (Å²) in [6.07, 6.45) is 0. The molecule has 0 saturated heterocycles. The molecule has 0 heterocycles. The highest BCUT2D eigenvalue weighted by Crippen LogP contribution is 2.18. The molecular formula is C15H11BrF3NO. The van der Waals surface area contributed by atoms with Crippen molar-refractivity contribution in [3.05, 3.63) is 69.4 Å². The van der Waals surface area contributed by atoms with Gasteiger partial charge in [0.15, 0.2) is 0 Å². The van der Waals surface area contributed by atoms with Gasteiger partial charge in [-0.25, -0.2) is 13.2 Å². The van der Waals surface area contributed by atoms with Crippen LogP contribution in [-0.2, 0) is 6.54 Å². The van der Waals surface area contributed by atoms with E-state index in [2.05, 4.69) is 15.9 Å². The maximum absolute atomic E-state index is 13.7. The summed E-state index contributed by atoms with van der Waals surface area (Å²) < 4.78 is 40.6. The Morgan fingerprint density at radius 1 is 1.10 bits per heavy atom. The van der Waals surface area contributed by atoms with Gasteiger partial charge in [0, 0.05) is 29.7 Å². The van der Waals surface area contributed by atoms with E-state index in [4.69, 9.17) is 0 Å². The van der Waals surface area contributed by atoms with E-state index >= 15 is 0 Å². The minimum absolute atomic E-state index is 0.0864. The number of hydrogen-bond donors (Lipinski definition) is 0. The number of benzene rings is 2. The molecule has 0 N–H and O–H groups in total. The number of hydrogen-bond acceptors (Lipinski definition) is 1. The van der Waals surface area contributed by atoms with Crippen LogP contribution in [0.15, 0.2) is 40.9 Å². The lowest BCUT2D eigenvalue weighted by molar-refractivity contribution is 0.0779. The van der Waals surface area contributed by atoms with Gasteiger partial charge in [0.05, 0.1) is 5.56 Å². The SMILES string of the molecule is CN(Cc1ccc(F)cc1F)C(=O)c1cc(Br)ccc1F. The summed E-state index contributed by atoms with van der Waals surface area (Å²) in [5, 5.41) is 0. The summed E-state index contributed by atoms with van der Waals surface area (Å²) in [5.41, 5.74) is 0.0389. The number of carbonyl (C=O) groups excluding carboxylic acids is 1. The maximum Gasteiger partial charge on any atom is 0.256 e. The largest absolute Gasteiger partial charge is 0.337 e. The molecule has 1 amide bonds. The van der Waals surface area contributed by atoms with Gasteiger partial charge < -0.3 is 4.90 Å². The standard InChI is InChI=1S/C15H11BrF3NO/c1-20(8-9-2-4-11(17)7-14(9)19)15(21)12-6-10(16)3-5-13(12)18/h2-7H,8H2,1H3. The van der Waals surface area contributed by atoms with Gasteiger partial charge in [0.2, 0.25) is 0 Å². The van der Waals surface area contributed by atoms with Gasteiger partial charge in [-0.3, -0.25) is 4.79 Å². The Kier molecular flexibility index (Phi) is 4.67. The first-order valence-corrected chi connectivity index (χ1v) is 6.82. The van der Waals surface area contributed by atoms with Gasteiger partial charge in [-0.1, -0.05) is 22.0 Å². The van der Waals surface area contributed by atoms with Crippen LogP contribution in [0.3, 0.4) is 0 Å². The molecule has 6 heteroatoms. The molecule has 0 aliphatic rings. The first-order valence-electron chi connectivity index (χ1n) is 6.03. The summed E-state index contributed by atoms with van der Waals surface area (Å²) in [7, 11) is 1.42. The molecule has 0 radical (unpaired) electrons. The van der Waals surface area contributed by atoms with Gasteiger partial charge in [0.25, 0.3) is 5.91 Å². The van der Waals surface area contributed by atoms with Crippen molar-refractivity contribution in [3.63, 3.8) is 0 Å². The van der Waals surface area contributed by atoms with E-state index in [9.17, 15) is 18.0 Å². The second kappa shape index (κ2) is 6.30. The van der Waals surface area contributed by atoms with Crippen LogP contribution in [-0.4, -0.2) is 17.9 Å². The molecule has 0 aliphatic heterocycles. The zero-order chi connectivity index (χ0) is 15.6. The van der Waals surface area contributed by atoms with E-state index in [0.29, 0.717) is 4.47 Å². The van der Waals surface area contributed by atoms with Crippen molar-refractivity contribution in [1.29, 1.82) is 0 Å². The molecule has 0 fully saturated rings. The van der Waals surface area contributed by atoms with Crippen molar-refractivity contribution in [2.45, 2.75) is 6.54 Å². The average molecular weight is 358 g/mol. The number of carbonyl (C=O) groups is 1. The highest BCUT2D eigenvalue weighted by molar-refractivity contribution is 9.10. The van der Waals surface area contributed by atoms with Crippen molar-refractivity contribution in [2.75, 3.05) is 7.05 Å². The summed E-state index contributed by atoms with van der Waals surface area (Å²) in [6, 6.07) is 7.11. The van der Waals surface area contributed by atoms with Crippen molar-refractivity contribution in [1.82, 2.24) is 4.90 Å². The Hall–Kier alpha value is -1.82. The lowest BCUT2D eigenvalue weighted by Gasteiger charge is -2.18. The fourth-order valence-electron chi connectivity index (χ4n) is 1.84. The van der Waals surface area contributed by atoms with Crippen LogP contribution in [0.1, 0.15) is 15.9 Å². The first-order chi connectivity index (χ1) is 9.88. The molecule has 0 atom stereocenters. The van der Waals surface area contributed by atoms with Gasteiger partial charge in [0.1, 0.15) is 17.5 Å². The molecule has 2 aromatic rings. The van der Waals surface area contributed by atoms with Gasteiger partial charge in [-0.05, 0) is 24.3 Å². The molecule has 0 bridgehead atoms. The molecule has 0 saturated carbocycles. The van der Waals surface area contributed by atoms with Gasteiger partial charge >= 0.3 is 0 Å². The van der Waals surface area contributed by atoms with E-state index < -0.39 is 23.4 Å². The number of amides is 1. The Morgan fingerprint density at radius 3 is 2.48 bits per heavy atom. The van der Waals surface area contributed by atoms with Crippen LogP contribution in [0.2, 0.25) is 0 Å². The predicted molar refractivity (Wildman–Crippen MR) is 76.3 cm³/mol. The molecule has 110 valence electrons. The van der Waals surface area contributed by atoms with Crippen molar-refractivity contribution < 1.29 is 18.0 Å². The van der Waals surface area contributed by atoms with Crippen LogP contribution >= 0.6 is 15.9 Å². The quantitative estimate of drug-likeness (QED) is 0.808. The topological polar surface area (TPSA) is 20.3 Å². The zero-order valence-electron chi connectivity index (χ0n) is 11.0. The molecule has 0 aliphatic carbocycles. The monoisotopic (exact) mass is 357 g/mol. The van der Waals surface area contributed by atoms with Crippen LogP contribution in [0, 0.1) is 17.5 Å². The zero-order valence-corrected chi connectivity index (χ0v) is 12.6. The second-order valence-electron chi connectivity index (χ2n) is 4.52. The third-order valence-electron chi connectivity index (χ3n) is 2.93. The number of rotatable bonds is 3. The molecule has 21 heavy (non-hydrogen) atoms. The van der Waals surface area contributed by atoms with E-state index in [1.807, 2.05) is 0 Å². The smallest absolute Gasteiger partial charge is 0.256 e. The normalized spacial score (nSPS) is 10.5. The van der Waals surface area contributed by atoms with Crippen molar-refractivity contribution >= 4 is 21.8 Å². The summed E-state index contributed by atoms with van der Waals surface area (Å²) >= 11 is 3.16.